The summed E-state index contributed by atoms with van der Waals surface area (Å²) in [5.41, 5.74) is 6.85. The maximum absolute atomic E-state index is 12.5. The molecular weight excluding hydrogens is 292 g/mol. The van der Waals surface area contributed by atoms with Gasteiger partial charge in [-0.2, -0.15) is 0 Å². The van der Waals surface area contributed by atoms with Gasteiger partial charge in [0.05, 0.1) is 10.9 Å². The molecular formula is C14H18N2O2S2. The summed E-state index contributed by atoms with van der Waals surface area (Å²) in [6.07, 6.45) is 0.696. The molecule has 1 atom stereocenters. The van der Waals surface area contributed by atoms with Crippen molar-refractivity contribution >= 4 is 27.0 Å². The maximum Gasteiger partial charge on any atom is 0.241 e. The van der Waals surface area contributed by atoms with E-state index in [-0.39, 0.29) is 10.9 Å². The van der Waals surface area contributed by atoms with Crippen molar-refractivity contribution in [2.24, 2.45) is 0 Å². The van der Waals surface area contributed by atoms with Gasteiger partial charge in [0.2, 0.25) is 10.0 Å². The van der Waals surface area contributed by atoms with Crippen LogP contribution in [0, 0.1) is 6.92 Å². The van der Waals surface area contributed by atoms with E-state index in [9.17, 15) is 8.42 Å². The van der Waals surface area contributed by atoms with Crippen molar-refractivity contribution in [3.8, 4) is 0 Å². The molecule has 1 unspecified atom stereocenters. The van der Waals surface area contributed by atoms with Crippen LogP contribution in [-0.4, -0.2) is 8.42 Å². The molecule has 1 aromatic carbocycles. The van der Waals surface area contributed by atoms with E-state index >= 15 is 0 Å². The Kier molecular flexibility index (Phi) is 4.47. The molecule has 1 aromatic heterocycles. The molecule has 108 valence electrons. The lowest BCUT2D eigenvalue weighted by Gasteiger charge is -2.17. The minimum atomic E-state index is -3.57. The second kappa shape index (κ2) is 5.95. The van der Waals surface area contributed by atoms with Crippen LogP contribution in [0.1, 0.15) is 29.8 Å². The number of nitrogen functional groups attached to an aromatic ring is 1. The summed E-state index contributed by atoms with van der Waals surface area (Å²) in [4.78, 5) is 1.25. The first-order chi connectivity index (χ1) is 9.45. The van der Waals surface area contributed by atoms with Gasteiger partial charge in [-0.25, -0.2) is 13.1 Å². The summed E-state index contributed by atoms with van der Waals surface area (Å²) in [5, 5.41) is 1.94. The van der Waals surface area contributed by atoms with Crippen molar-refractivity contribution in [1.29, 1.82) is 0 Å². The topological polar surface area (TPSA) is 72.2 Å². The molecule has 0 aliphatic carbocycles. The number of hydrogen-bond acceptors (Lipinski definition) is 4. The third kappa shape index (κ3) is 3.03. The van der Waals surface area contributed by atoms with Crippen molar-refractivity contribution in [3.63, 3.8) is 0 Å². The SMILES string of the molecule is CCC(NS(=O)(=O)c1cccc(N)c1C)c1cccs1. The fourth-order valence-electron chi connectivity index (χ4n) is 2.01. The molecule has 3 N–H and O–H groups in total. The van der Waals surface area contributed by atoms with Crippen molar-refractivity contribution in [2.75, 3.05) is 5.73 Å². The number of hydrogen-bond donors (Lipinski definition) is 2. The van der Waals surface area contributed by atoms with Crippen LogP contribution in [0.15, 0.2) is 40.6 Å². The molecule has 0 saturated heterocycles. The van der Waals surface area contributed by atoms with Crippen LogP contribution in [0.4, 0.5) is 5.69 Å². The lowest BCUT2D eigenvalue weighted by atomic mass is 10.2. The predicted octanol–water partition coefficient (Wildman–Crippen LogP) is 3.07. The van der Waals surface area contributed by atoms with Crippen LogP contribution >= 0.6 is 11.3 Å². The number of nitrogens with two attached hydrogens (primary N) is 1. The largest absolute Gasteiger partial charge is 0.398 e. The summed E-state index contributed by atoms with van der Waals surface area (Å²) in [6, 6.07) is 8.58. The van der Waals surface area contributed by atoms with Gasteiger partial charge in [-0.15, -0.1) is 11.3 Å². The summed E-state index contributed by atoms with van der Waals surface area (Å²) in [5.74, 6) is 0. The predicted molar refractivity (Wildman–Crippen MR) is 83.3 cm³/mol. The third-order valence-electron chi connectivity index (χ3n) is 3.21. The van der Waals surface area contributed by atoms with Gasteiger partial charge in [-0.3, -0.25) is 0 Å². The number of nitrogens with one attached hydrogen (secondary N) is 1. The molecule has 6 heteroatoms. The van der Waals surface area contributed by atoms with Crippen LogP contribution < -0.4 is 10.5 Å². The summed E-state index contributed by atoms with van der Waals surface area (Å²) < 4.78 is 27.8. The van der Waals surface area contributed by atoms with Crippen molar-refractivity contribution in [3.05, 3.63) is 46.2 Å². The Balaban J connectivity index is 2.33. The fourth-order valence-corrected chi connectivity index (χ4v) is 4.52. The second-order valence-corrected chi connectivity index (χ2v) is 7.23. The van der Waals surface area contributed by atoms with E-state index in [1.165, 1.54) is 0 Å². The molecule has 0 saturated carbocycles. The Labute approximate surface area is 123 Å². The third-order valence-corrected chi connectivity index (χ3v) is 5.81. The number of sulfonamides is 1. The van der Waals surface area contributed by atoms with Gasteiger partial charge in [0, 0.05) is 10.6 Å². The minimum absolute atomic E-state index is 0.208. The average Bonchev–Trinajstić information content (AvgIpc) is 2.93. The highest BCUT2D eigenvalue weighted by atomic mass is 32.2. The summed E-state index contributed by atoms with van der Waals surface area (Å²) in [7, 11) is -3.57. The van der Waals surface area contributed by atoms with Gasteiger partial charge in [0.15, 0.2) is 0 Å². The monoisotopic (exact) mass is 310 g/mol. The standard InChI is InChI=1S/C14H18N2O2S2/c1-3-12(13-7-5-9-19-13)16-20(17,18)14-8-4-6-11(15)10(14)2/h4-9,12,16H,3,15H2,1-2H3. The Morgan fingerprint density at radius 1 is 1.30 bits per heavy atom. The number of thiophene rings is 1. The molecule has 0 amide bonds. The second-order valence-electron chi connectivity index (χ2n) is 4.57. The molecule has 0 radical (unpaired) electrons. The molecule has 0 fully saturated rings. The average molecular weight is 310 g/mol. The zero-order chi connectivity index (χ0) is 14.8. The first-order valence-electron chi connectivity index (χ1n) is 6.36. The molecule has 0 aliphatic heterocycles. The Morgan fingerprint density at radius 2 is 2.05 bits per heavy atom. The van der Waals surface area contributed by atoms with E-state index in [2.05, 4.69) is 4.72 Å². The molecule has 0 aliphatic rings. The van der Waals surface area contributed by atoms with Crippen LogP contribution in [-0.2, 0) is 10.0 Å². The van der Waals surface area contributed by atoms with Crippen LogP contribution in [0.5, 0.6) is 0 Å². The van der Waals surface area contributed by atoms with E-state index in [0.717, 1.165) is 4.88 Å². The van der Waals surface area contributed by atoms with Crippen LogP contribution in [0.25, 0.3) is 0 Å². The van der Waals surface area contributed by atoms with E-state index in [0.29, 0.717) is 17.7 Å². The number of anilines is 1. The first kappa shape index (κ1) is 15.0. The highest BCUT2D eigenvalue weighted by Gasteiger charge is 2.22. The van der Waals surface area contributed by atoms with Gasteiger partial charge in [0.25, 0.3) is 0 Å². The van der Waals surface area contributed by atoms with Crippen LogP contribution in [0.3, 0.4) is 0 Å². The summed E-state index contributed by atoms with van der Waals surface area (Å²) >= 11 is 1.55. The Hall–Kier alpha value is -1.37. The van der Waals surface area contributed by atoms with Crippen molar-refractivity contribution < 1.29 is 8.42 Å². The Morgan fingerprint density at radius 3 is 2.65 bits per heavy atom. The van der Waals surface area contributed by atoms with Gasteiger partial charge in [-0.1, -0.05) is 19.1 Å². The quantitative estimate of drug-likeness (QED) is 0.834. The molecule has 2 rings (SSSR count). The van der Waals surface area contributed by atoms with E-state index < -0.39 is 10.0 Å². The molecule has 1 heterocycles. The fraction of sp³-hybridized carbons (Fsp3) is 0.286. The van der Waals surface area contributed by atoms with E-state index in [1.54, 1.807) is 36.5 Å². The number of benzene rings is 1. The molecule has 2 aromatic rings. The van der Waals surface area contributed by atoms with Gasteiger partial charge < -0.3 is 5.73 Å². The Bertz CT molecular complexity index is 679. The highest BCUT2D eigenvalue weighted by molar-refractivity contribution is 7.89. The van der Waals surface area contributed by atoms with Gasteiger partial charge >= 0.3 is 0 Å². The zero-order valence-electron chi connectivity index (χ0n) is 11.5. The van der Waals surface area contributed by atoms with Crippen LogP contribution in [0.2, 0.25) is 0 Å². The minimum Gasteiger partial charge on any atom is -0.398 e. The molecule has 4 nitrogen and oxygen atoms in total. The molecule has 20 heavy (non-hydrogen) atoms. The van der Waals surface area contributed by atoms with E-state index in [4.69, 9.17) is 5.73 Å². The van der Waals surface area contributed by atoms with Gasteiger partial charge in [-0.05, 0) is 42.5 Å². The molecule has 0 spiro atoms. The van der Waals surface area contributed by atoms with Gasteiger partial charge in [0.1, 0.15) is 0 Å². The maximum atomic E-state index is 12.5. The smallest absolute Gasteiger partial charge is 0.241 e. The first-order valence-corrected chi connectivity index (χ1v) is 8.72. The summed E-state index contributed by atoms with van der Waals surface area (Å²) in [6.45, 7) is 3.68. The molecule has 0 bridgehead atoms. The highest BCUT2D eigenvalue weighted by Crippen LogP contribution is 2.26. The van der Waals surface area contributed by atoms with E-state index in [1.807, 2.05) is 24.4 Å². The lowest BCUT2D eigenvalue weighted by Crippen LogP contribution is -2.28. The number of rotatable bonds is 5. The van der Waals surface area contributed by atoms with Crippen molar-refractivity contribution in [1.82, 2.24) is 4.72 Å². The zero-order valence-corrected chi connectivity index (χ0v) is 13.1. The lowest BCUT2D eigenvalue weighted by molar-refractivity contribution is 0.552. The van der Waals surface area contributed by atoms with Crippen molar-refractivity contribution in [2.45, 2.75) is 31.2 Å². The normalized spacial score (nSPS) is 13.3.